The van der Waals surface area contributed by atoms with Gasteiger partial charge in [0, 0.05) is 65.7 Å². The Bertz CT molecular complexity index is 1890. The van der Waals surface area contributed by atoms with Crippen LogP contribution in [0.4, 0.5) is 0 Å². The van der Waals surface area contributed by atoms with Crippen LogP contribution in [0.3, 0.4) is 0 Å². The van der Waals surface area contributed by atoms with Crippen LogP contribution < -0.4 is 16.0 Å². The molecule has 0 heterocycles. The number of carbonyl (C=O) groups excluding carboxylic acids is 4. The monoisotopic (exact) mass is 972 g/mol. The zero-order valence-corrected chi connectivity index (χ0v) is 43.9. The molecular formula is C48H81N3O13S2. The van der Waals surface area contributed by atoms with Crippen LogP contribution in [-0.2, 0) is 43.2 Å². The number of benzene rings is 1. The number of amides is 3. The van der Waals surface area contributed by atoms with Gasteiger partial charge in [0.1, 0.15) is 12.1 Å². The van der Waals surface area contributed by atoms with Crippen LogP contribution in [0, 0.1) is 5.92 Å². The molecule has 0 aliphatic rings. The van der Waals surface area contributed by atoms with E-state index in [4.69, 9.17) is 14.2 Å². The van der Waals surface area contributed by atoms with Gasteiger partial charge < -0.3 is 40.4 Å². The molecule has 3 atom stereocenters. The molecule has 0 radical (unpaired) electrons. The number of hydrogen-bond donors (Lipinski definition) is 5. The Morgan fingerprint density at radius 1 is 0.606 bits per heavy atom. The highest BCUT2D eigenvalue weighted by atomic mass is 32.2. The molecule has 0 fully saturated rings. The SMILES string of the molecule is CC(C)(CCOC(C)(C)C)NC(=O)C(CCC(=O)O)NC(=O)[C@H](CCC(=O)O)NC(=O)c1ccc(C(=O)C(CSC(C)(C)CCOC(C)(C)C)CS(=O)(=O)C(C)(C)CCOC(C)(C)C)cc1. The van der Waals surface area contributed by atoms with Crippen LogP contribution in [0.2, 0.25) is 0 Å². The summed E-state index contributed by atoms with van der Waals surface area (Å²) < 4.78 is 44.1. The highest BCUT2D eigenvalue weighted by molar-refractivity contribution is 8.00. The van der Waals surface area contributed by atoms with Gasteiger partial charge in [0.25, 0.3) is 5.91 Å². The number of ether oxygens (including phenoxy) is 3. The number of carboxylic acid groups (broad SMARTS) is 2. The smallest absolute Gasteiger partial charge is 0.303 e. The Hall–Kier alpha value is -3.58. The zero-order chi connectivity index (χ0) is 51.1. The molecule has 1 aromatic rings. The molecule has 0 bridgehead atoms. The minimum atomic E-state index is -3.87. The van der Waals surface area contributed by atoms with Crippen LogP contribution in [0.25, 0.3) is 0 Å². The Labute approximate surface area is 398 Å². The average molecular weight is 972 g/mol. The van der Waals surface area contributed by atoms with E-state index in [0.717, 1.165) is 0 Å². The number of carboxylic acids is 2. The standard InChI is InChI=1S/C48H81N3O13S2/c1-43(2,3)62-27-24-46(10,11)51-42(59)36(21-23-38(54)55)50-41(58)35(20-22-37(52)53)49-40(57)33-18-16-32(17-19-33)39(56)34(30-65-47(12,13)25-28-63-44(4,5)6)31-66(60,61)48(14,15)26-29-64-45(7,8)9/h16-19,34-36H,20-31H2,1-15H3,(H,49,57)(H,50,58)(H,51,59)(H,52,53)(H,54,55)/t34?,35-,36?/m0/s1. The third-order valence-corrected chi connectivity index (χ3v) is 14.8. The summed E-state index contributed by atoms with van der Waals surface area (Å²) >= 11 is 1.48. The van der Waals surface area contributed by atoms with E-state index in [1.165, 1.54) is 36.0 Å². The summed E-state index contributed by atoms with van der Waals surface area (Å²) in [5.41, 5.74) is -1.86. The first-order valence-electron chi connectivity index (χ1n) is 22.6. The molecule has 2 unspecified atom stereocenters. The summed E-state index contributed by atoms with van der Waals surface area (Å²) in [7, 11) is -3.87. The number of carbonyl (C=O) groups is 6. The minimum absolute atomic E-state index is 0.0116. The van der Waals surface area contributed by atoms with Crippen LogP contribution >= 0.6 is 11.8 Å². The summed E-state index contributed by atoms with van der Waals surface area (Å²) in [4.78, 5) is 78.2. The van der Waals surface area contributed by atoms with Crippen molar-refractivity contribution in [1.82, 2.24) is 16.0 Å². The number of thioether (sulfide) groups is 1. The van der Waals surface area contributed by atoms with Crippen molar-refractivity contribution in [3.05, 3.63) is 35.4 Å². The molecule has 66 heavy (non-hydrogen) atoms. The van der Waals surface area contributed by atoms with E-state index >= 15 is 0 Å². The van der Waals surface area contributed by atoms with Crippen molar-refractivity contribution in [2.75, 3.05) is 31.3 Å². The Balaban J connectivity index is 3.41. The molecule has 0 aliphatic carbocycles. The average Bonchev–Trinajstić information content (AvgIpc) is 3.13. The number of nitrogens with one attached hydrogen (secondary N) is 3. The lowest BCUT2D eigenvalue weighted by atomic mass is 9.99. The van der Waals surface area contributed by atoms with Crippen LogP contribution in [0.15, 0.2) is 24.3 Å². The van der Waals surface area contributed by atoms with Crippen molar-refractivity contribution >= 4 is 57.0 Å². The fourth-order valence-corrected chi connectivity index (χ4v) is 9.10. The first-order valence-corrected chi connectivity index (χ1v) is 25.3. The van der Waals surface area contributed by atoms with Gasteiger partial charge >= 0.3 is 11.9 Å². The van der Waals surface area contributed by atoms with Gasteiger partial charge in [0.05, 0.1) is 27.3 Å². The van der Waals surface area contributed by atoms with Crippen LogP contribution in [0.1, 0.15) is 170 Å². The maximum Gasteiger partial charge on any atom is 0.303 e. The van der Waals surface area contributed by atoms with Gasteiger partial charge in [-0.3, -0.25) is 28.8 Å². The van der Waals surface area contributed by atoms with E-state index in [-0.39, 0.29) is 53.1 Å². The van der Waals surface area contributed by atoms with Gasteiger partial charge in [-0.15, -0.1) is 0 Å². The molecule has 0 saturated heterocycles. The van der Waals surface area contributed by atoms with Crippen molar-refractivity contribution in [1.29, 1.82) is 0 Å². The van der Waals surface area contributed by atoms with E-state index in [1.807, 2.05) is 76.2 Å². The normalized spacial score (nSPS) is 14.5. The Morgan fingerprint density at radius 2 is 1.03 bits per heavy atom. The fourth-order valence-electron chi connectivity index (χ4n) is 6.15. The van der Waals surface area contributed by atoms with E-state index in [1.54, 1.807) is 27.7 Å². The van der Waals surface area contributed by atoms with E-state index in [2.05, 4.69) is 16.0 Å². The molecule has 3 amide bonds. The minimum Gasteiger partial charge on any atom is -0.481 e. The van der Waals surface area contributed by atoms with Crippen molar-refractivity contribution in [3.63, 3.8) is 0 Å². The maximum absolute atomic E-state index is 14.3. The Kier molecular flexibility index (Phi) is 23.0. The Morgan fingerprint density at radius 3 is 1.48 bits per heavy atom. The molecule has 1 rings (SSSR count). The van der Waals surface area contributed by atoms with Gasteiger partial charge in [-0.1, -0.05) is 26.0 Å². The van der Waals surface area contributed by atoms with Gasteiger partial charge in [0.15, 0.2) is 15.6 Å². The second kappa shape index (κ2) is 25.2. The molecular weight excluding hydrogens is 891 g/mol. The third kappa shape index (κ3) is 24.4. The lowest BCUT2D eigenvalue weighted by Crippen LogP contribution is -2.57. The quantitative estimate of drug-likeness (QED) is 0.0508. The second-order valence-electron chi connectivity index (χ2n) is 21.7. The van der Waals surface area contributed by atoms with E-state index in [0.29, 0.717) is 26.1 Å². The molecule has 5 N–H and O–H groups in total. The lowest BCUT2D eigenvalue weighted by Gasteiger charge is -2.31. The van der Waals surface area contributed by atoms with Gasteiger partial charge in [-0.25, -0.2) is 8.42 Å². The largest absolute Gasteiger partial charge is 0.481 e. The summed E-state index contributed by atoms with van der Waals surface area (Å²) in [5.74, 6) is -6.45. The van der Waals surface area contributed by atoms with Gasteiger partial charge in [-0.05, 0) is 134 Å². The van der Waals surface area contributed by atoms with Crippen molar-refractivity contribution < 1.29 is 61.6 Å². The molecule has 0 aliphatic heterocycles. The highest BCUT2D eigenvalue weighted by Gasteiger charge is 2.39. The number of Topliss-reactive ketones (excluding diaryl/α,β-unsaturated/α-hetero) is 1. The summed E-state index contributed by atoms with van der Waals surface area (Å²) in [6, 6.07) is 2.71. The molecule has 0 saturated carbocycles. The highest BCUT2D eigenvalue weighted by Crippen LogP contribution is 2.34. The van der Waals surface area contributed by atoms with Gasteiger partial charge in [0.2, 0.25) is 11.8 Å². The van der Waals surface area contributed by atoms with Crippen molar-refractivity contribution in [2.24, 2.45) is 5.92 Å². The predicted octanol–water partition coefficient (Wildman–Crippen LogP) is 7.01. The number of rotatable bonds is 29. The summed E-state index contributed by atoms with van der Waals surface area (Å²) in [6.07, 6.45) is -0.386. The maximum atomic E-state index is 14.3. The van der Waals surface area contributed by atoms with E-state index in [9.17, 15) is 47.4 Å². The molecule has 1 aromatic carbocycles. The topological polar surface area (TPSA) is 241 Å². The second-order valence-corrected chi connectivity index (χ2v) is 26.1. The fraction of sp³-hybridized carbons (Fsp3) is 0.750. The summed E-state index contributed by atoms with van der Waals surface area (Å²) in [6.45, 7) is 29.0. The van der Waals surface area contributed by atoms with Crippen molar-refractivity contribution in [2.45, 2.75) is 193 Å². The number of sulfone groups is 1. The molecule has 378 valence electrons. The predicted molar refractivity (Wildman–Crippen MR) is 259 cm³/mol. The molecule has 0 aromatic heterocycles. The number of aliphatic carboxylic acids is 2. The number of ketones is 1. The van der Waals surface area contributed by atoms with Crippen molar-refractivity contribution in [3.8, 4) is 0 Å². The first-order chi connectivity index (χ1) is 29.8. The van der Waals surface area contributed by atoms with E-state index < -0.39 is 103 Å². The summed E-state index contributed by atoms with van der Waals surface area (Å²) in [5, 5.41) is 26.7. The number of hydrogen-bond acceptors (Lipinski definition) is 12. The molecule has 18 heteroatoms. The molecule has 0 spiro atoms. The zero-order valence-electron chi connectivity index (χ0n) is 42.2. The van der Waals surface area contributed by atoms with Gasteiger partial charge in [-0.2, -0.15) is 11.8 Å². The molecule has 16 nitrogen and oxygen atoms in total. The lowest BCUT2D eigenvalue weighted by molar-refractivity contribution is -0.139. The van der Waals surface area contributed by atoms with Crippen LogP contribution in [-0.4, -0.2) is 129 Å². The first kappa shape index (κ1) is 60.4. The van der Waals surface area contributed by atoms with Crippen LogP contribution in [0.5, 0.6) is 0 Å². The third-order valence-electron chi connectivity index (χ3n) is 10.5.